The summed E-state index contributed by atoms with van der Waals surface area (Å²) >= 11 is 0. The van der Waals surface area contributed by atoms with E-state index in [2.05, 4.69) is 0 Å². The standard InChI is InChI=1S/C12H12O2/c1-10(14)7-12(9-13)8-11-5-3-2-4-6-11/h2-6,8-9H,7H2,1H3. The number of benzene rings is 1. The molecule has 0 atom stereocenters. The first-order valence-corrected chi connectivity index (χ1v) is 4.42. The van der Waals surface area contributed by atoms with Crippen LogP contribution in [0.2, 0.25) is 0 Å². The van der Waals surface area contributed by atoms with E-state index >= 15 is 0 Å². The third-order valence-corrected chi connectivity index (χ3v) is 1.76. The molecule has 0 heterocycles. The first kappa shape index (κ1) is 10.4. The summed E-state index contributed by atoms with van der Waals surface area (Å²) in [5.74, 6) is -0.000666. The largest absolute Gasteiger partial charge is 0.300 e. The van der Waals surface area contributed by atoms with Gasteiger partial charge in [0.25, 0.3) is 0 Å². The van der Waals surface area contributed by atoms with Crippen molar-refractivity contribution in [1.82, 2.24) is 0 Å². The molecule has 0 aromatic heterocycles. The number of hydrogen-bond acceptors (Lipinski definition) is 2. The quantitative estimate of drug-likeness (QED) is 0.536. The summed E-state index contributed by atoms with van der Waals surface area (Å²) in [7, 11) is 0. The smallest absolute Gasteiger partial charge is 0.146 e. The summed E-state index contributed by atoms with van der Waals surface area (Å²) in [6, 6.07) is 9.47. The summed E-state index contributed by atoms with van der Waals surface area (Å²) in [5, 5.41) is 0. The molecular weight excluding hydrogens is 176 g/mol. The minimum atomic E-state index is -0.000666. The second-order valence-corrected chi connectivity index (χ2v) is 3.13. The molecule has 1 aromatic carbocycles. The van der Waals surface area contributed by atoms with Crippen LogP contribution in [0.25, 0.3) is 6.08 Å². The topological polar surface area (TPSA) is 34.1 Å². The second-order valence-electron chi connectivity index (χ2n) is 3.13. The highest BCUT2D eigenvalue weighted by Gasteiger charge is 1.99. The van der Waals surface area contributed by atoms with Gasteiger partial charge in [-0.1, -0.05) is 30.3 Å². The highest BCUT2D eigenvalue weighted by atomic mass is 16.1. The Kier molecular flexibility index (Phi) is 3.80. The highest BCUT2D eigenvalue weighted by Crippen LogP contribution is 2.07. The Labute approximate surface area is 83.3 Å². The molecule has 0 fully saturated rings. The molecule has 2 nitrogen and oxygen atoms in total. The van der Waals surface area contributed by atoms with Crippen LogP contribution in [-0.2, 0) is 9.59 Å². The fourth-order valence-electron chi connectivity index (χ4n) is 1.18. The van der Waals surface area contributed by atoms with Gasteiger partial charge in [-0.05, 0) is 24.1 Å². The van der Waals surface area contributed by atoms with Gasteiger partial charge in [0.2, 0.25) is 0 Å². The molecule has 72 valence electrons. The molecule has 0 aliphatic carbocycles. The second kappa shape index (κ2) is 5.12. The van der Waals surface area contributed by atoms with Crippen molar-refractivity contribution < 1.29 is 9.59 Å². The van der Waals surface area contributed by atoms with E-state index in [4.69, 9.17) is 0 Å². The number of ketones is 1. The molecule has 14 heavy (non-hydrogen) atoms. The number of aldehydes is 1. The van der Waals surface area contributed by atoms with Crippen molar-refractivity contribution in [2.24, 2.45) is 0 Å². The summed E-state index contributed by atoms with van der Waals surface area (Å²) in [6.07, 6.45) is 2.67. The fourth-order valence-corrected chi connectivity index (χ4v) is 1.18. The zero-order valence-corrected chi connectivity index (χ0v) is 8.07. The van der Waals surface area contributed by atoms with Crippen LogP contribution in [0.15, 0.2) is 35.9 Å². The van der Waals surface area contributed by atoms with Gasteiger partial charge in [-0.3, -0.25) is 9.59 Å². The Bertz CT molecular complexity index is 350. The van der Waals surface area contributed by atoms with Gasteiger partial charge in [0.15, 0.2) is 0 Å². The van der Waals surface area contributed by atoms with Crippen molar-refractivity contribution in [2.45, 2.75) is 13.3 Å². The van der Waals surface area contributed by atoms with E-state index < -0.39 is 0 Å². The molecule has 0 saturated heterocycles. The first-order valence-electron chi connectivity index (χ1n) is 4.42. The van der Waals surface area contributed by atoms with Crippen LogP contribution in [0.5, 0.6) is 0 Å². The SMILES string of the molecule is CC(=O)CC(C=O)=Cc1ccccc1. The molecule has 0 amide bonds. The molecule has 0 unspecified atom stereocenters. The van der Waals surface area contributed by atoms with Crippen molar-refractivity contribution in [3.63, 3.8) is 0 Å². The van der Waals surface area contributed by atoms with Gasteiger partial charge in [-0.2, -0.15) is 0 Å². The van der Waals surface area contributed by atoms with Gasteiger partial charge in [0, 0.05) is 6.42 Å². The Balaban J connectivity index is 2.84. The van der Waals surface area contributed by atoms with E-state index in [-0.39, 0.29) is 12.2 Å². The first-order chi connectivity index (χ1) is 6.72. The molecular formula is C12H12O2. The number of carbonyl (C=O) groups excluding carboxylic acids is 2. The molecule has 0 aliphatic rings. The van der Waals surface area contributed by atoms with E-state index in [1.54, 1.807) is 6.08 Å². The average Bonchev–Trinajstić information content (AvgIpc) is 2.17. The molecule has 0 N–H and O–H groups in total. The van der Waals surface area contributed by atoms with Crippen LogP contribution in [0.1, 0.15) is 18.9 Å². The Morgan fingerprint density at radius 2 is 1.93 bits per heavy atom. The highest BCUT2D eigenvalue weighted by molar-refractivity contribution is 5.91. The van der Waals surface area contributed by atoms with Crippen molar-refractivity contribution >= 4 is 18.1 Å². The van der Waals surface area contributed by atoms with Crippen molar-refractivity contribution in [3.05, 3.63) is 41.5 Å². The number of rotatable bonds is 4. The number of Topliss-reactive ketones (excluding diaryl/α,β-unsaturated/α-hetero) is 1. The molecule has 0 aliphatic heterocycles. The number of allylic oxidation sites excluding steroid dienone is 1. The van der Waals surface area contributed by atoms with Crippen LogP contribution < -0.4 is 0 Å². The summed E-state index contributed by atoms with van der Waals surface area (Å²) < 4.78 is 0. The summed E-state index contributed by atoms with van der Waals surface area (Å²) in [5.41, 5.74) is 1.46. The van der Waals surface area contributed by atoms with E-state index in [0.717, 1.165) is 11.8 Å². The van der Waals surface area contributed by atoms with E-state index in [9.17, 15) is 9.59 Å². The Morgan fingerprint density at radius 3 is 2.43 bits per heavy atom. The lowest BCUT2D eigenvalue weighted by molar-refractivity contribution is -0.117. The zero-order chi connectivity index (χ0) is 10.4. The molecule has 0 bridgehead atoms. The predicted molar refractivity (Wildman–Crippen MR) is 55.8 cm³/mol. The van der Waals surface area contributed by atoms with Crippen LogP contribution in [0.4, 0.5) is 0 Å². The zero-order valence-electron chi connectivity index (χ0n) is 8.07. The van der Waals surface area contributed by atoms with Gasteiger partial charge >= 0.3 is 0 Å². The number of carbonyl (C=O) groups is 2. The van der Waals surface area contributed by atoms with Gasteiger partial charge in [-0.25, -0.2) is 0 Å². The Hall–Kier alpha value is -1.70. The lowest BCUT2D eigenvalue weighted by Crippen LogP contribution is -1.94. The lowest BCUT2D eigenvalue weighted by Gasteiger charge is -1.96. The predicted octanol–water partition coefficient (Wildman–Crippen LogP) is 2.25. The van der Waals surface area contributed by atoms with E-state index in [0.29, 0.717) is 5.57 Å². The van der Waals surface area contributed by atoms with Gasteiger partial charge in [0.1, 0.15) is 12.1 Å². The molecule has 1 aromatic rings. The fraction of sp³-hybridized carbons (Fsp3) is 0.167. The monoisotopic (exact) mass is 188 g/mol. The maximum atomic E-state index is 10.8. The van der Waals surface area contributed by atoms with Gasteiger partial charge in [0.05, 0.1) is 0 Å². The van der Waals surface area contributed by atoms with Crippen LogP contribution in [0, 0.1) is 0 Å². The lowest BCUT2D eigenvalue weighted by atomic mass is 10.1. The van der Waals surface area contributed by atoms with Crippen molar-refractivity contribution in [1.29, 1.82) is 0 Å². The molecule has 0 saturated carbocycles. The van der Waals surface area contributed by atoms with Gasteiger partial charge < -0.3 is 0 Å². The molecule has 2 heteroatoms. The third-order valence-electron chi connectivity index (χ3n) is 1.76. The maximum Gasteiger partial charge on any atom is 0.146 e. The van der Waals surface area contributed by atoms with Crippen LogP contribution in [0.3, 0.4) is 0 Å². The molecule has 1 rings (SSSR count). The summed E-state index contributed by atoms with van der Waals surface area (Å²) in [6.45, 7) is 1.47. The molecule has 0 radical (unpaired) electrons. The maximum absolute atomic E-state index is 10.8. The van der Waals surface area contributed by atoms with Crippen molar-refractivity contribution in [3.8, 4) is 0 Å². The van der Waals surface area contributed by atoms with E-state index in [1.165, 1.54) is 6.92 Å². The average molecular weight is 188 g/mol. The third kappa shape index (κ3) is 3.35. The minimum Gasteiger partial charge on any atom is -0.300 e. The minimum absolute atomic E-state index is 0.000666. The van der Waals surface area contributed by atoms with Crippen molar-refractivity contribution in [2.75, 3.05) is 0 Å². The van der Waals surface area contributed by atoms with Crippen LogP contribution >= 0.6 is 0 Å². The normalized spacial score (nSPS) is 11.1. The Morgan fingerprint density at radius 1 is 1.29 bits per heavy atom. The van der Waals surface area contributed by atoms with Crippen LogP contribution in [-0.4, -0.2) is 12.1 Å². The number of hydrogen-bond donors (Lipinski definition) is 0. The van der Waals surface area contributed by atoms with Gasteiger partial charge in [-0.15, -0.1) is 0 Å². The summed E-state index contributed by atoms with van der Waals surface area (Å²) in [4.78, 5) is 21.4. The molecule has 0 spiro atoms. The van der Waals surface area contributed by atoms with E-state index in [1.807, 2.05) is 30.3 Å².